The molecular formula is C13H21N5O2. The zero-order valence-electron chi connectivity index (χ0n) is 11.9. The van der Waals surface area contributed by atoms with Gasteiger partial charge in [-0.1, -0.05) is 6.92 Å². The van der Waals surface area contributed by atoms with E-state index in [1.165, 1.54) is 13.3 Å². The van der Waals surface area contributed by atoms with Crippen LogP contribution < -0.4 is 15.8 Å². The number of nitrogens with two attached hydrogens (primary N) is 1. The Bertz CT molecular complexity index is 480. The van der Waals surface area contributed by atoms with Crippen molar-refractivity contribution in [2.45, 2.75) is 25.8 Å². The largest absolute Gasteiger partial charge is 0.480 e. The number of carbonyl (C=O) groups excluding carboxylic acids is 1. The summed E-state index contributed by atoms with van der Waals surface area (Å²) in [7, 11) is 1.46. The van der Waals surface area contributed by atoms with Crippen LogP contribution in [0.5, 0.6) is 5.88 Å². The Morgan fingerprint density at radius 1 is 1.65 bits per heavy atom. The van der Waals surface area contributed by atoms with Gasteiger partial charge in [0.1, 0.15) is 5.56 Å². The van der Waals surface area contributed by atoms with Crippen molar-refractivity contribution in [1.29, 1.82) is 0 Å². The molecule has 1 saturated heterocycles. The molecule has 0 aliphatic carbocycles. The molecule has 0 unspecified atom stereocenters. The number of rotatable bonds is 4. The van der Waals surface area contributed by atoms with E-state index in [1.807, 2.05) is 0 Å². The molecule has 7 nitrogen and oxygen atoms in total. The number of nitrogen functional groups attached to an aromatic ring is 1. The monoisotopic (exact) mass is 279 g/mol. The van der Waals surface area contributed by atoms with Crippen molar-refractivity contribution in [2.75, 3.05) is 32.5 Å². The highest BCUT2D eigenvalue weighted by Gasteiger charge is 2.23. The van der Waals surface area contributed by atoms with Gasteiger partial charge < -0.3 is 20.7 Å². The molecule has 2 rings (SSSR count). The summed E-state index contributed by atoms with van der Waals surface area (Å²) >= 11 is 0. The molecule has 1 aliphatic heterocycles. The summed E-state index contributed by atoms with van der Waals surface area (Å²) in [5, 5.41) is 3.01. The molecule has 20 heavy (non-hydrogen) atoms. The summed E-state index contributed by atoms with van der Waals surface area (Å²) in [5.41, 5.74) is 5.80. The van der Waals surface area contributed by atoms with Crippen LogP contribution in [0.25, 0.3) is 0 Å². The number of hydrogen-bond acceptors (Lipinski definition) is 6. The Morgan fingerprint density at radius 3 is 3.15 bits per heavy atom. The molecule has 0 bridgehead atoms. The van der Waals surface area contributed by atoms with Crippen LogP contribution in [0.4, 0.5) is 5.95 Å². The normalized spacial score (nSPS) is 19.6. The van der Waals surface area contributed by atoms with Crippen molar-refractivity contribution in [3.05, 3.63) is 11.8 Å². The van der Waals surface area contributed by atoms with E-state index in [9.17, 15) is 4.79 Å². The molecule has 3 N–H and O–H groups in total. The number of carbonyl (C=O) groups is 1. The average molecular weight is 279 g/mol. The van der Waals surface area contributed by atoms with Gasteiger partial charge in [-0.05, 0) is 25.9 Å². The number of anilines is 1. The molecule has 1 aromatic heterocycles. The van der Waals surface area contributed by atoms with Gasteiger partial charge in [-0.2, -0.15) is 4.98 Å². The van der Waals surface area contributed by atoms with E-state index < -0.39 is 0 Å². The van der Waals surface area contributed by atoms with E-state index in [4.69, 9.17) is 10.5 Å². The van der Waals surface area contributed by atoms with Crippen molar-refractivity contribution < 1.29 is 9.53 Å². The first kappa shape index (κ1) is 14.5. The first-order valence-corrected chi connectivity index (χ1v) is 6.83. The van der Waals surface area contributed by atoms with Gasteiger partial charge in [0.2, 0.25) is 11.8 Å². The number of methoxy groups -OCH3 is 1. The first-order valence-electron chi connectivity index (χ1n) is 6.83. The number of likely N-dealkylation sites (tertiary alicyclic amines) is 1. The zero-order chi connectivity index (χ0) is 14.5. The Morgan fingerprint density at radius 2 is 2.45 bits per heavy atom. The molecule has 1 aliphatic rings. The van der Waals surface area contributed by atoms with Crippen LogP contribution in [0, 0.1) is 0 Å². The zero-order valence-corrected chi connectivity index (χ0v) is 11.9. The summed E-state index contributed by atoms with van der Waals surface area (Å²) in [5.74, 6) is 0.0798. The van der Waals surface area contributed by atoms with Gasteiger partial charge in [-0.25, -0.2) is 4.98 Å². The third-order valence-electron chi connectivity index (χ3n) is 3.50. The molecule has 0 spiro atoms. The SMILES string of the molecule is CCN1CCC[C@H](NC(=O)c2cnc(N)nc2OC)C1. The third kappa shape index (κ3) is 3.36. The summed E-state index contributed by atoms with van der Waals surface area (Å²) in [6, 6.07) is 0.151. The minimum absolute atomic E-state index is 0.0909. The second-order valence-electron chi connectivity index (χ2n) is 4.86. The van der Waals surface area contributed by atoms with Gasteiger partial charge in [-0.3, -0.25) is 4.79 Å². The van der Waals surface area contributed by atoms with Gasteiger partial charge in [0.25, 0.3) is 5.91 Å². The minimum Gasteiger partial charge on any atom is -0.480 e. The minimum atomic E-state index is -0.218. The maximum absolute atomic E-state index is 12.3. The average Bonchev–Trinajstić information content (AvgIpc) is 2.47. The molecule has 1 fully saturated rings. The van der Waals surface area contributed by atoms with Crippen LogP contribution >= 0.6 is 0 Å². The highest BCUT2D eigenvalue weighted by Crippen LogP contribution is 2.16. The number of likely N-dealkylation sites (N-methyl/N-ethyl adjacent to an activating group) is 1. The van der Waals surface area contributed by atoms with Crippen molar-refractivity contribution in [3.63, 3.8) is 0 Å². The number of hydrogen-bond donors (Lipinski definition) is 2. The van der Waals surface area contributed by atoms with Crippen molar-refractivity contribution >= 4 is 11.9 Å². The fourth-order valence-corrected chi connectivity index (χ4v) is 2.41. The smallest absolute Gasteiger partial charge is 0.258 e. The number of piperidine rings is 1. The lowest BCUT2D eigenvalue weighted by atomic mass is 10.1. The van der Waals surface area contributed by atoms with Gasteiger partial charge in [0.15, 0.2) is 0 Å². The van der Waals surface area contributed by atoms with Gasteiger partial charge in [0.05, 0.1) is 7.11 Å². The second kappa shape index (κ2) is 6.51. The molecule has 0 radical (unpaired) electrons. The van der Waals surface area contributed by atoms with E-state index in [1.54, 1.807) is 0 Å². The van der Waals surface area contributed by atoms with E-state index in [0.717, 1.165) is 32.5 Å². The van der Waals surface area contributed by atoms with Crippen LogP contribution in [-0.4, -0.2) is 53.6 Å². The van der Waals surface area contributed by atoms with Gasteiger partial charge in [0, 0.05) is 18.8 Å². The van der Waals surface area contributed by atoms with Crippen molar-refractivity contribution in [1.82, 2.24) is 20.2 Å². The third-order valence-corrected chi connectivity index (χ3v) is 3.50. The Kier molecular flexibility index (Phi) is 4.73. The maximum atomic E-state index is 12.3. The number of amides is 1. The maximum Gasteiger partial charge on any atom is 0.258 e. The molecule has 1 aromatic rings. The highest BCUT2D eigenvalue weighted by molar-refractivity contribution is 5.96. The quantitative estimate of drug-likeness (QED) is 0.822. The lowest BCUT2D eigenvalue weighted by molar-refractivity contribution is 0.0901. The van der Waals surface area contributed by atoms with Crippen LogP contribution in [0.15, 0.2) is 6.20 Å². The fourth-order valence-electron chi connectivity index (χ4n) is 2.41. The topological polar surface area (TPSA) is 93.4 Å². The number of nitrogens with zero attached hydrogens (tertiary/aromatic N) is 3. The molecule has 1 atom stereocenters. The lowest BCUT2D eigenvalue weighted by Gasteiger charge is -2.32. The lowest BCUT2D eigenvalue weighted by Crippen LogP contribution is -2.47. The van der Waals surface area contributed by atoms with E-state index in [-0.39, 0.29) is 23.8 Å². The molecule has 0 saturated carbocycles. The van der Waals surface area contributed by atoms with E-state index in [0.29, 0.717) is 5.56 Å². The molecular weight excluding hydrogens is 258 g/mol. The summed E-state index contributed by atoms with van der Waals surface area (Å²) < 4.78 is 5.08. The van der Waals surface area contributed by atoms with Crippen LogP contribution in [0.3, 0.4) is 0 Å². The predicted molar refractivity (Wildman–Crippen MR) is 75.6 cm³/mol. The number of nitrogens with one attached hydrogen (secondary N) is 1. The fraction of sp³-hybridized carbons (Fsp3) is 0.615. The summed E-state index contributed by atoms with van der Waals surface area (Å²) in [6.07, 6.45) is 3.48. The Balaban J connectivity index is 2.04. The van der Waals surface area contributed by atoms with Crippen LogP contribution in [0.2, 0.25) is 0 Å². The summed E-state index contributed by atoms with van der Waals surface area (Å²) in [6.45, 7) is 5.10. The van der Waals surface area contributed by atoms with Crippen LogP contribution in [-0.2, 0) is 0 Å². The Hall–Kier alpha value is -1.89. The molecule has 7 heteroatoms. The van der Waals surface area contributed by atoms with E-state index in [2.05, 4.69) is 27.1 Å². The summed E-state index contributed by atoms with van der Waals surface area (Å²) in [4.78, 5) is 22.4. The van der Waals surface area contributed by atoms with Crippen molar-refractivity contribution in [3.8, 4) is 5.88 Å². The van der Waals surface area contributed by atoms with Crippen LogP contribution in [0.1, 0.15) is 30.1 Å². The Labute approximate surface area is 118 Å². The highest BCUT2D eigenvalue weighted by atomic mass is 16.5. The molecule has 2 heterocycles. The van der Waals surface area contributed by atoms with Gasteiger partial charge >= 0.3 is 0 Å². The molecule has 0 aromatic carbocycles. The van der Waals surface area contributed by atoms with Crippen molar-refractivity contribution in [2.24, 2.45) is 0 Å². The molecule has 1 amide bonds. The number of aromatic nitrogens is 2. The predicted octanol–water partition coefficient (Wildman–Crippen LogP) is 0.282. The standard InChI is InChI=1S/C13H21N5O2/c1-3-18-6-4-5-9(8-18)16-11(19)10-7-15-13(14)17-12(10)20-2/h7,9H,3-6,8H2,1-2H3,(H,16,19)(H2,14,15,17)/t9-/m0/s1. The number of ether oxygens (including phenoxy) is 1. The van der Waals surface area contributed by atoms with Gasteiger partial charge in [-0.15, -0.1) is 0 Å². The second-order valence-corrected chi connectivity index (χ2v) is 4.86. The van der Waals surface area contributed by atoms with E-state index >= 15 is 0 Å². The molecule has 110 valence electrons. The first-order chi connectivity index (χ1) is 9.63.